The second kappa shape index (κ2) is 7.15. The van der Waals surface area contributed by atoms with E-state index in [4.69, 9.17) is 19.7 Å². The number of ether oxygens (including phenoxy) is 2. The molecule has 1 aliphatic rings. The highest BCUT2D eigenvalue weighted by molar-refractivity contribution is 5.68. The lowest BCUT2D eigenvalue weighted by Crippen LogP contribution is -2.09. The molecule has 0 amide bonds. The molecule has 0 bridgehead atoms. The highest BCUT2D eigenvalue weighted by Crippen LogP contribution is 2.41. The predicted octanol–water partition coefficient (Wildman–Crippen LogP) is 3.89. The molecule has 1 aliphatic carbocycles. The molecule has 138 valence electrons. The maximum atomic E-state index is 10.6. The number of methoxy groups -OCH3 is 1. The van der Waals surface area contributed by atoms with Gasteiger partial charge in [0.05, 0.1) is 24.2 Å². The highest BCUT2D eigenvalue weighted by atomic mass is 16.5. The molecule has 0 unspecified atom stereocenters. The van der Waals surface area contributed by atoms with Crippen molar-refractivity contribution in [3.8, 4) is 28.4 Å². The smallest absolute Gasteiger partial charge is 0.341 e. The maximum absolute atomic E-state index is 10.6. The van der Waals surface area contributed by atoms with Crippen molar-refractivity contribution in [1.29, 1.82) is 0 Å². The third-order valence-electron chi connectivity index (χ3n) is 4.55. The van der Waals surface area contributed by atoms with Crippen LogP contribution < -0.4 is 9.47 Å². The number of aromatic nitrogens is 2. The lowest BCUT2D eigenvalue weighted by molar-refractivity contribution is -0.139. The Morgan fingerprint density at radius 3 is 2.37 bits per heavy atom. The van der Waals surface area contributed by atoms with Crippen LogP contribution in [0.2, 0.25) is 0 Å². The van der Waals surface area contributed by atoms with Crippen LogP contribution in [-0.4, -0.2) is 34.6 Å². The maximum Gasteiger partial charge on any atom is 0.341 e. The van der Waals surface area contributed by atoms with E-state index < -0.39 is 5.97 Å². The zero-order valence-corrected chi connectivity index (χ0v) is 15.0. The minimum absolute atomic E-state index is 0.352. The van der Waals surface area contributed by atoms with Crippen molar-refractivity contribution in [2.75, 3.05) is 13.7 Å². The number of benzene rings is 2. The lowest BCUT2D eigenvalue weighted by atomic mass is 10.1. The molecular formula is C21H20N2O4. The molecule has 1 N–H and O–H groups in total. The van der Waals surface area contributed by atoms with E-state index in [1.807, 2.05) is 41.1 Å². The van der Waals surface area contributed by atoms with Gasteiger partial charge in [0.25, 0.3) is 0 Å². The molecule has 6 nitrogen and oxygen atoms in total. The molecule has 1 heterocycles. The van der Waals surface area contributed by atoms with Crippen LogP contribution in [0.5, 0.6) is 11.5 Å². The fourth-order valence-electron chi connectivity index (χ4n) is 2.97. The van der Waals surface area contributed by atoms with Crippen LogP contribution in [0.3, 0.4) is 0 Å². The summed E-state index contributed by atoms with van der Waals surface area (Å²) in [5.74, 6) is 0.876. The summed E-state index contributed by atoms with van der Waals surface area (Å²) in [5, 5.41) is 13.5. The van der Waals surface area contributed by atoms with E-state index in [-0.39, 0.29) is 6.61 Å². The topological polar surface area (TPSA) is 73.6 Å². The van der Waals surface area contributed by atoms with E-state index in [1.165, 1.54) is 12.8 Å². The van der Waals surface area contributed by atoms with Crippen molar-refractivity contribution in [3.05, 3.63) is 60.3 Å². The molecule has 2 aromatic carbocycles. The molecule has 0 spiro atoms. The summed E-state index contributed by atoms with van der Waals surface area (Å²) in [5.41, 5.74) is 4.05. The molecule has 6 heteroatoms. The average molecular weight is 364 g/mol. The molecule has 1 fully saturated rings. The van der Waals surface area contributed by atoms with E-state index in [0.29, 0.717) is 11.7 Å². The van der Waals surface area contributed by atoms with Crippen LogP contribution in [0.4, 0.5) is 0 Å². The molecule has 3 aromatic rings. The van der Waals surface area contributed by atoms with E-state index >= 15 is 0 Å². The van der Waals surface area contributed by atoms with Crippen LogP contribution in [0.1, 0.15) is 24.5 Å². The normalized spacial score (nSPS) is 13.4. The van der Waals surface area contributed by atoms with Gasteiger partial charge in [-0.1, -0.05) is 0 Å². The van der Waals surface area contributed by atoms with E-state index in [1.54, 1.807) is 19.2 Å². The first-order valence-corrected chi connectivity index (χ1v) is 8.83. The zero-order chi connectivity index (χ0) is 18.8. The Kier molecular flexibility index (Phi) is 4.54. The van der Waals surface area contributed by atoms with Gasteiger partial charge < -0.3 is 14.6 Å². The molecular weight excluding hydrogens is 344 g/mol. The molecule has 0 radical (unpaired) electrons. The summed E-state index contributed by atoms with van der Waals surface area (Å²) in [7, 11) is 1.65. The molecule has 0 atom stereocenters. The first kappa shape index (κ1) is 17.1. The lowest BCUT2D eigenvalue weighted by Gasteiger charge is -2.09. The van der Waals surface area contributed by atoms with Gasteiger partial charge in [-0.05, 0) is 67.4 Å². The van der Waals surface area contributed by atoms with Gasteiger partial charge in [-0.2, -0.15) is 5.10 Å². The summed E-state index contributed by atoms with van der Waals surface area (Å²) in [6, 6.07) is 17.3. The Hall–Kier alpha value is -3.28. The second-order valence-electron chi connectivity index (χ2n) is 6.55. The Morgan fingerprint density at radius 2 is 1.78 bits per heavy atom. The summed E-state index contributed by atoms with van der Waals surface area (Å²) in [6.45, 7) is -0.352. The highest BCUT2D eigenvalue weighted by Gasteiger charge is 2.27. The third kappa shape index (κ3) is 3.79. The van der Waals surface area contributed by atoms with Gasteiger partial charge in [0.15, 0.2) is 6.61 Å². The average Bonchev–Trinajstić information content (AvgIpc) is 3.45. The SMILES string of the molecule is COc1ccc(-n2nc(C3CC3)cc2-c2ccc(OCC(=O)O)cc2)cc1. The first-order chi connectivity index (χ1) is 13.1. The predicted molar refractivity (Wildman–Crippen MR) is 101 cm³/mol. The van der Waals surface area contributed by atoms with E-state index in [0.717, 1.165) is 28.4 Å². The van der Waals surface area contributed by atoms with Gasteiger partial charge in [0, 0.05) is 11.5 Å². The van der Waals surface area contributed by atoms with Crippen LogP contribution in [0.25, 0.3) is 16.9 Å². The molecule has 27 heavy (non-hydrogen) atoms. The quantitative estimate of drug-likeness (QED) is 0.688. The third-order valence-corrected chi connectivity index (χ3v) is 4.55. The van der Waals surface area contributed by atoms with Crippen molar-refractivity contribution in [3.63, 3.8) is 0 Å². The van der Waals surface area contributed by atoms with Crippen molar-refractivity contribution < 1.29 is 19.4 Å². The van der Waals surface area contributed by atoms with Gasteiger partial charge >= 0.3 is 5.97 Å². The Morgan fingerprint density at radius 1 is 1.11 bits per heavy atom. The van der Waals surface area contributed by atoms with Crippen molar-refractivity contribution in [1.82, 2.24) is 9.78 Å². The van der Waals surface area contributed by atoms with Crippen molar-refractivity contribution >= 4 is 5.97 Å². The number of rotatable bonds is 7. The summed E-state index contributed by atoms with van der Waals surface area (Å²) in [4.78, 5) is 10.6. The monoisotopic (exact) mass is 364 g/mol. The minimum Gasteiger partial charge on any atom is -0.497 e. The van der Waals surface area contributed by atoms with Crippen molar-refractivity contribution in [2.24, 2.45) is 0 Å². The van der Waals surface area contributed by atoms with E-state index in [9.17, 15) is 4.79 Å². The van der Waals surface area contributed by atoms with Gasteiger partial charge in [0.1, 0.15) is 11.5 Å². The molecule has 1 aromatic heterocycles. The second-order valence-corrected chi connectivity index (χ2v) is 6.55. The van der Waals surface area contributed by atoms with Crippen LogP contribution >= 0.6 is 0 Å². The Labute approximate surface area is 157 Å². The van der Waals surface area contributed by atoms with Gasteiger partial charge in [0.2, 0.25) is 0 Å². The largest absolute Gasteiger partial charge is 0.497 e. The summed E-state index contributed by atoms with van der Waals surface area (Å²) >= 11 is 0. The molecule has 4 rings (SSSR count). The number of hydrogen-bond acceptors (Lipinski definition) is 4. The van der Waals surface area contributed by atoms with Crippen LogP contribution in [-0.2, 0) is 4.79 Å². The Balaban J connectivity index is 1.67. The van der Waals surface area contributed by atoms with Gasteiger partial charge in [-0.3, -0.25) is 0 Å². The van der Waals surface area contributed by atoms with Crippen LogP contribution in [0, 0.1) is 0 Å². The number of nitrogens with zero attached hydrogens (tertiary/aromatic N) is 2. The summed E-state index contributed by atoms with van der Waals surface area (Å²) in [6.07, 6.45) is 2.36. The standard InChI is InChI=1S/C21H20N2O4/c1-26-17-10-6-16(7-11-17)23-20(12-19(22-23)14-2-3-14)15-4-8-18(9-5-15)27-13-21(24)25/h4-12,14H,2-3,13H2,1H3,(H,24,25). The van der Waals surface area contributed by atoms with Gasteiger partial charge in [-0.15, -0.1) is 0 Å². The van der Waals surface area contributed by atoms with E-state index in [2.05, 4.69) is 6.07 Å². The number of hydrogen-bond donors (Lipinski definition) is 1. The van der Waals surface area contributed by atoms with Crippen LogP contribution in [0.15, 0.2) is 54.6 Å². The number of aliphatic carboxylic acids is 1. The summed E-state index contributed by atoms with van der Waals surface area (Å²) < 4.78 is 12.4. The number of carbonyl (C=O) groups is 1. The molecule has 0 saturated heterocycles. The van der Waals surface area contributed by atoms with Gasteiger partial charge in [-0.25, -0.2) is 9.48 Å². The Bertz CT molecular complexity index is 941. The molecule has 1 saturated carbocycles. The fourth-order valence-corrected chi connectivity index (χ4v) is 2.97. The fraction of sp³-hybridized carbons (Fsp3) is 0.238. The zero-order valence-electron chi connectivity index (χ0n) is 15.0. The van der Waals surface area contributed by atoms with Crippen molar-refractivity contribution in [2.45, 2.75) is 18.8 Å². The first-order valence-electron chi connectivity index (χ1n) is 8.83. The number of carboxylic acids is 1. The minimum atomic E-state index is -0.995. The molecule has 0 aliphatic heterocycles. The number of carboxylic acid groups (broad SMARTS) is 1.